The van der Waals surface area contributed by atoms with Crippen molar-refractivity contribution in [2.45, 2.75) is 31.7 Å². The number of alkyl halides is 2. The van der Waals surface area contributed by atoms with Crippen LogP contribution in [-0.2, 0) is 6.54 Å². The normalized spacial score (nSPS) is 14.2. The van der Waals surface area contributed by atoms with Crippen LogP contribution in [-0.4, -0.2) is 25.5 Å². The highest BCUT2D eigenvalue weighted by atomic mass is 19.3. The zero-order valence-corrected chi connectivity index (χ0v) is 14.8. The highest BCUT2D eigenvalue weighted by Crippen LogP contribution is 2.40. The maximum absolute atomic E-state index is 13.4. The molecule has 0 radical (unpaired) electrons. The molecule has 1 aliphatic carbocycles. The number of fused-ring (bicyclic) bond motifs is 2. The first kappa shape index (κ1) is 16.9. The molecule has 1 aromatic carbocycles. The second-order valence-electron chi connectivity index (χ2n) is 7.04. The Labute approximate surface area is 158 Å². The Kier molecular flexibility index (Phi) is 3.85. The molecule has 0 saturated heterocycles. The highest BCUT2D eigenvalue weighted by molar-refractivity contribution is 5.93. The van der Waals surface area contributed by atoms with Crippen LogP contribution >= 0.6 is 0 Å². The molecule has 5 rings (SSSR count). The summed E-state index contributed by atoms with van der Waals surface area (Å²) in [4.78, 5) is 20.1. The number of aromatic nitrogens is 4. The van der Waals surface area contributed by atoms with Gasteiger partial charge in [0.05, 0.1) is 6.54 Å². The molecule has 0 unspecified atom stereocenters. The van der Waals surface area contributed by atoms with E-state index in [0.717, 1.165) is 34.0 Å². The van der Waals surface area contributed by atoms with E-state index in [4.69, 9.17) is 0 Å². The van der Waals surface area contributed by atoms with Crippen LogP contribution in [0.1, 0.15) is 52.8 Å². The second-order valence-corrected chi connectivity index (χ2v) is 7.04. The van der Waals surface area contributed by atoms with E-state index in [0.29, 0.717) is 5.69 Å². The van der Waals surface area contributed by atoms with Crippen LogP contribution in [0.2, 0.25) is 0 Å². The number of amides is 1. The Morgan fingerprint density at radius 1 is 1.25 bits per heavy atom. The summed E-state index contributed by atoms with van der Waals surface area (Å²) in [5, 5.41) is 7.89. The number of hydrogen-bond acceptors (Lipinski definition) is 3. The molecule has 1 saturated carbocycles. The number of carbonyl (C=O) groups excluding carboxylic acids is 1. The summed E-state index contributed by atoms with van der Waals surface area (Å²) in [6, 6.07) is 12.6. The lowest BCUT2D eigenvalue weighted by Crippen LogP contribution is -2.23. The maximum atomic E-state index is 13.4. The number of H-pyrrole nitrogens is 1. The molecule has 0 bridgehead atoms. The first-order valence-electron chi connectivity index (χ1n) is 9.12. The molecule has 0 atom stereocenters. The van der Waals surface area contributed by atoms with Crippen molar-refractivity contribution in [3.63, 3.8) is 0 Å². The minimum absolute atomic E-state index is 0.0680. The van der Waals surface area contributed by atoms with Crippen molar-refractivity contribution in [3.05, 3.63) is 65.2 Å². The monoisotopic (exact) mass is 381 g/mol. The number of carbonyl (C=O) groups is 1. The van der Waals surface area contributed by atoms with Crippen LogP contribution in [0.15, 0.2) is 42.5 Å². The van der Waals surface area contributed by atoms with Gasteiger partial charge in [-0.15, -0.1) is 0 Å². The number of nitrogens with zero attached hydrogens (tertiary/aromatic N) is 3. The lowest BCUT2D eigenvalue weighted by Gasteiger charge is -2.06. The van der Waals surface area contributed by atoms with E-state index in [9.17, 15) is 13.6 Å². The molecule has 8 heteroatoms. The van der Waals surface area contributed by atoms with Gasteiger partial charge >= 0.3 is 0 Å². The second kappa shape index (κ2) is 6.40. The molecule has 142 valence electrons. The van der Waals surface area contributed by atoms with Crippen LogP contribution in [0, 0.1) is 0 Å². The van der Waals surface area contributed by atoms with Crippen molar-refractivity contribution < 1.29 is 13.6 Å². The first-order valence-corrected chi connectivity index (χ1v) is 9.12. The Balaban J connectivity index is 1.40. The average molecular weight is 381 g/mol. The van der Waals surface area contributed by atoms with Crippen LogP contribution < -0.4 is 5.32 Å². The number of para-hydroxylation sites is 1. The highest BCUT2D eigenvalue weighted by Gasteiger charge is 2.28. The standard InChI is InChI=1S/C20H17F2N5O/c21-19(22)17-8-15(11-5-6-11)25-18-9-16(26-27(17)18)20(28)23-10-13-7-12-3-1-2-4-14(12)24-13/h1-4,7-9,11,19,24H,5-6,10H2,(H,23,28). The smallest absolute Gasteiger partial charge is 0.280 e. The van der Waals surface area contributed by atoms with Gasteiger partial charge in [0.1, 0.15) is 5.69 Å². The summed E-state index contributed by atoms with van der Waals surface area (Å²) in [5.74, 6) is -0.200. The quantitative estimate of drug-likeness (QED) is 0.550. The predicted octanol–water partition coefficient (Wildman–Crippen LogP) is 3.96. The van der Waals surface area contributed by atoms with Gasteiger partial charge in [0.25, 0.3) is 12.3 Å². The largest absolute Gasteiger partial charge is 0.357 e. The van der Waals surface area contributed by atoms with E-state index in [1.54, 1.807) is 0 Å². The van der Waals surface area contributed by atoms with Crippen LogP contribution in [0.25, 0.3) is 16.6 Å². The average Bonchev–Trinajstić information content (AvgIpc) is 3.31. The SMILES string of the molecule is O=C(NCc1cc2ccccc2[nH]1)c1cc2nc(C3CC3)cc(C(F)F)n2n1. The number of halogens is 2. The van der Waals surface area contributed by atoms with Crippen LogP contribution in [0.4, 0.5) is 8.78 Å². The molecule has 0 spiro atoms. The van der Waals surface area contributed by atoms with Crippen molar-refractivity contribution in [2.24, 2.45) is 0 Å². The summed E-state index contributed by atoms with van der Waals surface area (Å²) in [5.41, 5.74) is 2.59. The third-order valence-corrected chi connectivity index (χ3v) is 4.95. The molecule has 4 aromatic rings. The number of hydrogen-bond donors (Lipinski definition) is 2. The third-order valence-electron chi connectivity index (χ3n) is 4.95. The molecule has 6 nitrogen and oxygen atoms in total. The molecule has 1 fully saturated rings. The van der Waals surface area contributed by atoms with Gasteiger partial charge in [-0.25, -0.2) is 18.3 Å². The lowest BCUT2D eigenvalue weighted by molar-refractivity contribution is 0.0944. The molecule has 28 heavy (non-hydrogen) atoms. The van der Waals surface area contributed by atoms with Gasteiger partial charge in [0.15, 0.2) is 11.3 Å². The van der Waals surface area contributed by atoms with Crippen molar-refractivity contribution in [2.75, 3.05) is 0 Å². The van der Waals surface area contributed by atoms with Gasteiger partial charge < -0.3 is 10.3 Å². The van der Waals surface area contributed by atoms with Gasteiger partial charge in [-0.2, -0.15) is 5.10 Å². The Bertz CT molecular complexity index is 1160. The van der Waals surface area contributed by atoms with Gasteiger partial charge in [0, 0.05) is 28.9 Å². The molecule has 3 aromatic heterocycles. The van der Waals surface area contributed by atoms with Crippen molar-refractivity contribution in [1.29, 1.82) is 0 Å². The van der Waals surface area contributed by atoms with E-state index >= 15 is 0 Å². The third kappa shape index (κ3) is 3.00. The zero-order valence-electron chi connectivity index (χ0n) is 14.8. The first-order chi connectivity index (χ1) is 13.6. The van der Waals surface area contributed by atoms with E-state index in [1.165, 1.54) is 12.1 Å². The van der Waals surface area contributed by atoms with E-state index in [-0.39, 0.29) is 29.5 Å². The van der Waals surface area contributed by atoms with E-state index in [2.05, 4.69) is 20.4 Å². The summed E-state index contributed by atoms with van der Waals surface area (Å²) in [6.07, 6.45) is -0.777. The molecule has 1 amide bonds. The fourth-order valence-corrected chi connectivity index (χ4v) is 3.37. The fraction of sp³-hybridized carbons (Fsp3) is 0.250. The number of benzene rings is 1. The van der Waals surface area contributed by atoms with Gasteiger partial charge in [-0.05, 0) is 36.4 Å². The Morgan fingerprint density at radius 3 is 2.82 bits per heavy atom. The number of aromatic amines is 1. The summed E-state index contributed by atoms with van der Waals surface area (Å²) in [7, 11) is 0. The minimum Gasteiger partial charge on any atom is -0.357 e. The molecule has 3 heterocycles. The van der Waals surface area contributed by atoms with Crippen molar-refractivity contribution in [3.8, 4) is 0 Å². The van der Waals surface area contributed by atoms with Crippen LogP contribution in [0.3, 0.4) is 0 Å². The van der Waals surface area contributed by atoms with Gasteiger partial charge in [-0.3, -0.25) is 4.79 Å². The molecular formula is C20H17F2N5O. The molecule has 2 N–H and O–H groups in total. The topological polar surface area (TPSA) is 75.1 Å². The van der Waals surface area contributed by atoms with Gasteiger partial charge in [0.2, 0.25) is 0 Å². The summed E-state index contributed by atoms with van der Waals surface area (Å²) in [6.45, 7) is 0.282. The van der Waals surface area contributed by atoms with Crippen molar-refractivity contribution in [1.82, 2.24) is 24.9 Å². The van der Waals surface area contributed by atoms with E-state index < -0.39 is 12.3 Å². The molecular weight excluding hydrogens is 364 g/mol. The van der Waals surface area contributed by atoms with Gasteiger partial charge in [-0.1, -0.05) is 18.2 Å². The van der Waals surface area contributed by atoms with Crippen LogP contribution in [0.5, 0.6) is 0 Å². The minimum atomic E-state index is -2.69. The molecule has 0 aliphatic heterocycles. The maximum Gasteiger partial charge on any atom is 0.280 e. The predicted molar refractivity (Wildman–Crippen MR) is 99.4 cm³/mol. The number of rotatable bonds is 5. The van der Waals surface area contributed by atoms with E-state index in [1.807, 2.05) is 30.3 Å². The Hall–Kier alpha value is -3.29. The number of nitrogens with one attached hydrogen (secondary N) is 2. The Morgan fingerprint density at radius 2 is 2.07 bits per heavy atom. The van der Waals surface area contributed by atoms with Crippen molar-refractivity contribution >= 4 is 22.5 Å². The lowest BCUT2D eigenvalue weighted by atomic mass is 10.2. The zero-order chi connectivity index (χ0) is 19.3. The fourth-order valence-electron chi connectivity index (χ4n) is 3.37. The summed E-state index contributed by atoms with van der Waals surface area (Å²) >= 11 is 0. The summed E-state index contributed by atoms with van der Waals surface area (Å²) < 4.78 is 28.0. The molecule has 1 aliphatic rings.